The minimum absolute atomic E-state index is 0.160. The molecule has 0 fully saturated rings. The van der Waals surface area contributed by atoms with Crippen LogP contribution in [0.25, 0.3) is 0 Å². The summed E-state index contributed by atoms with van der Waals surface area (Å²) in [5, 5.41) is 5.79. The van der Waals surface area contributed by atoms with Gasteiger partial charge in [0.05, 0.1) is 0 Å². The number of benzene rings is 3. The number of hydrogen-bond acceptors (Lipinski definition) is 3. The van der Waals surface area contributed by atoms with Crippen LogP contribution in [0, 0.1) is 6.92 Å². The zero-order valence-electron chi connectivity index (χ0n) is 15.7. The quantitative estimate of drug-likeness (QED) is 0.617. The van der Waals surface area contributed by atoms with Gasteiger partial charge in [0, 0.05) is 29.9 Å². The molecule has 0 saturated heterocycles. The van der Waals surface area contributed by atoms with Crippen LogP contribution in [-0.4, -0.2) is 11.8 Å². The van der Waals surface area contributed by atoms with Crippen LogP contribution < -0.4 is 16.4 Å². The molecule has 0 bridgehead atoms. The number of carbonyl (C=O) groups is 2. The maximum atomic E-state index is 12.4. The first-order chi connectivity index (χ1) is 13.6. The Morgan fingerprint density at radius 1 is 0.821 bits per heavy atom. The Balaban J connectivity index is 1.62. The molecule has 0 saturated carbocycles. The zero-order valence-corrected chi connectivity index (χ0v) is 15.7. The first-order valence-corrected chi connectivity index (χ1v) is 9.10. The molecule has 0 aliphatic carbocycles. The molecule has 0 atom stereocenters. The highest BCUT2D eigenvalue weighted by Crippen LogP contribution is 2.18. The second-order valence-electron chi connectivity index (χ2n) is 6.55. The normalized spacial score (nSPS) is 10.4. The molecular formula is C23H23N3O2. The van der Waals surface area contributed by atoms with E-state index >= 15 is 0 Å². The molecule has 28 heavy (non-hydrogen) atoms. The number of hydrogen-bond donors (Lipinski definition) is 3. The van der Waals surface area contributed by atoms with Crippen molar-refractivity contribution in [1.29, 1.82) is 0 Å². The number of rotatable bonds is 6. The molecule has 0 unspecified atom stereocenters. The van der Waals surface area contributed by atoms with Crippen LogP contribution in [0.3, 0.4) is 0 Å². The number of carbonyl (C=O) groups excluding carboxylic acids is 2. The van der Waals surface area contributed by atoms with Crippen molar-refractivity contribution in [2.24, 2.45) is 5.73 Å². The van der Waals surface area contributed by atoms with Crippen molar-refractivity contribution in [2.75, 3.05) is 5.32 Å². The third-order valence-corrected chi connectivity index (χ3v) is 4.48. The molecular weight excluding hydrogens is 350 g/mol. The number of nitrogens with one attached hydrogen (secondary N) is 2. The van der Waals surface area contributed by atoms with E-state index in [9.17, 15) is 9.59 Å². The summed E-state index contributed by atoms with van der Waals surface area (Å²) in [5.41, 5.74) is 10.3. The van der Waals surface area contributed by atoms with Crippen molar-refractivity contribution < 1.29 is 9.59 Å². The molecule has 142 valence electrons. The fourth-order valence-electron chi connectivity index (χ4n) is 2.81. The van der Waals surface area contributed by atoms with E-state index in [4.69, 9.17) is 5.73 Å². The van der Waals surface area contributed by atoms with Crippen LogP contribution in [0.5, 0.6) is 0 Å². The minimum atomic E-state index is -0.179. The molecule has 0 aliphatic heterocycles. The van der Waals surface area contributed by atoms with E-state index in [-0.39, 0.29) is 11.8 Å². The van der Waals surface area contributed by atoms with Gasteiger partial charge in [0.1, 0.15) is 0 Å². The molecule has 0 heterocycles. The topological polar surface area (TPSA) is 84.2 Å². The lowest BCUT2D eigenvalue weighted by atomic mass is 10.1. The van der Waals surface area contributed by atoms with Crippen molar-refractivity contribution in [3.63, 3.8) is 0 Å². The van der Waals surface area contributed by atoms with Gasteiger partial charge in [-0.2, -0.15) is 0 Å². The Labute approximate surface area is 164 Å². The number of anilines is 1. The van der Waals surface area contributed by atoms with Gasteiger partial charge in [-0.15, -0.1) is 0 Å². The van der Waals surface area contributed by atoms with E-state index in [0.717, 1.165) is 16.7 Å². The van der Waals surface area contributed by atoms with E-state index < -0.39 is 0 Å². The summed E-state index contributed by atoms with van der Waals surface area (Å²) in [6, 6.07) is 22.1. The third-order valence-electron chi connectivity index (χ3n) is 4.48. The van der Waals surface area contributed by atoms with Crippen LogP contribution >= 0.6 is 0 Å². The maximum Gasteiger partial charge on any atom is 0.255 e. The molecule has 2 amide bonds. The van der Waals surface area contributed by atoms with Crippen molar-refractivity contribution >= 4 is 17.5 Å². The molecule has 0 aromatic heterocycles. The first-order valence-electron chi connectivity index (χ1n) is 9.10. The fourth-order valence-corrected chi connectivity index (χ4v) is 2.81. The van der Waals surface area contributed by atoms with Gasteiger partial charge in [-0.3, -0.25) is 9.59 Å². The van der Waals surface area contributed by atoms with Gasteiger partial charge in [-0.1, -0.05) is 42.5 Å². The zero-order chi connectivity index (χ0) is 19.9. The summed E-state index contributed by atoms with van der Waals surface area (Å²) in [7, 11) is 0. The smallest absolute Gasteiger partial charge is 0.255 e. The number of nitrogens with two attached hydrogens (primary N) is 1. The van der Waals surface area contributed by atoms with Crippen LogP contribution in [-0.2, 0) is 13.1 Å². The standard InChI is InChI=1S/C23H23N3O2/c1-16-13-20(22(27)25-15-18-9-7-17(14-24)8-10-18)11-12-21(16)26-23(28)19-5-3-2-4-6-19/h2-13H,14-15,24H2,1H3,(H,25,27)(H,26,28). The Morgan fingerprint density at radius 3 is 2.14 bits per heavy atom. The fraction of sp³-hybridized carbons (Fsp3) is 0.130. The highest BCUT2D eigenvalue weighted by molar-refractivity contribution is 6.05. The van der Waals surface area contributed by atoms with Gasteiger partial charge in [0.25, 0.3) is 11.8 Å². The van der Waals surface area contributed by atoms with E-state index in [2.05, 4.69) is 10.6 Å². The van der Waals surface area contributed by atoms with E-state index in [1.54, 1.807) is 30.3 Å². The van der Waals surface area contributed by atoms with Gasteiger partial charge in [-0.25, -0.2) is 0 Å². The van der Waals surface area contributed by atoms with Crippen molar-refractivity contribution in [1.82, 2.24) is 5.32 Å². The van der Waals surface area contributed by atoms with E-state index in [1.165, 1.54) is 0 Å². The van der Waals surface area contributed by atoms with Gasteiger partial charge in [0.15, 0.2) is 0 Å². The van der Waals surface area contributed by atoms with Crippen molar-refractivity contribution in [3.05, 3.63) is 101 Å². The van der Waals surface area contributed by atoms with Crippen molar-refractivity contribution in [3.8, 4) is 0 Å². The molecule has 0 aliphatic rings. The molecule has 5 nitrogen and oxygen atoms in total. The molecule has 4 N–H and O–H groups in total. The van der Waals surface area contributed by atoms with Gasteiger partial charge in [-0.05, 0) is 53.9 Å². The molecule has 0 spiro atoms. The summed E-state index contributed by atoms with van der Waals surface area (Å²) < 4.78 is 0. The highest BCUT2D eigenvalue weighted by Gasteiger charge is 2.10. The summed E-state index contributed by atoms with van der Waals surface area (Å²) in [6.07, 6.45) is 0. The lowest BCUT2D eigenvalue weighted by molar-refractivity contribution is 0.0950. The summed E-state index contributed by atoms with van der Waals surface area (Å²) in [5.74, 6) is -0.339. The summed E-state index contributed by atoms with van der Waals surface area (Å²) in [6.45, 7) is 2.80. The Morgan fingerprint density at radius 2 is 1.50 bits per heavy atom. The van der Waals surface area contributed by atoms with Crippen LogP contribution in [0.2, 0.25) is 0 Å². The predicted octanol–water partition coefficient (Wildman–Crippen LogP) is 3.64. The van der Waals surface area contributed by atoms with Gasteiger partial charge in [0.2, 0.25) is 0 Å². The van der Waals surface area contributed by atoms with E-state index in [1.807, 2.05) is 49.4 Å². The summed E-state index contributed by atoms with van der Waals surface area (Å²) >= 11 is 0. The lowest BCUT2D eigenvalue weighted by Gasteiger charge is -2.11. The monoisotopic (exact) mass is 373 g/mol. The first kappa shape index (κ1) is 19.3. The summed E-state index contributed by atoms with van der Waals surface area (Å²) in [4.78, 5) is 24.7. The molecule has 3 rings (SSSR count). The Kier molecular flexibility index (Phi) is 6.19. The largest absolute Gasteiger partial charge is 0.348 e. The van der Waals surface area contributed by atoms with Crippen LogP contribution in [0.15, 0.2) is 72.8 Å². The average Bonchev–Trinajstić information content (AvgIpc) is 2.74. The Bertz CT molecular complexity index is 967. The van der Waals surface area contributed by atoms with E-state index in [0.29, 0.717) is 29.9 Å². The molecule has 3 aromatic carbocycles. The highest BCUT2D eigenvalue weighted by atomic mass is 16.2. The Hall–Kier alpha value is -3.44. The third kappa shape index (κ3) is 4.84. The molecule has 3 aromatic rings. The number of amides is 2. The van der Waals surface area contributed by atoms with Crippen LogP contribution in [0.4, 0.5) is 5.69 Å². The second kappa shape index (κ2) is 8.97. The lowest BCUT2D eigenvalue weighted by Crippen LogP contribution is -2.23. The maximum absolute atomic E-state index is 12.4. The van der Waals surface area contributed by atoms with Crippen LogP contribution in [0.1, 0.15) is 37.4 Å². The second-order valence-corrected chi connectivity index (χ2v) is 6.55. The number of aryl methyl sites for hydroxylation is 1. The minimum Gasteiger partial charge on any atom is -0.348 e. The predicted molar refractivity (Wildman–Crippen MR) is 111 cm³/mol. The molecule has 0 radical (unpaired) electrons. The van der Waals surface area contributed by atoms with Gasteiger partial charge >= 0.3 is 0 Å². The van der Waals surface area contributed by atoms with Crippen molar-refractivity contribution in [2.45, 2.75) is 20.0 Å². The van der Waals surface area contributed by atoms with Gasteiger partial charge < -0.3 is 16.4 Å². The SMILES string of the molecule is Cc1cc(C(=O)NCc2ccc(CN)cc2)ccc1NC(=O)c1ccccc1. The average molecular weight is 373 g/mol. The molecule has 5 heteroatoms.